The number of ether oxygens (including phenoxy) is 1. The van der Waals surface area contributed by atoms with E-state index < -0.39 is 0 Å². The predicted octanol–water partition coefficient (Wildman–Crippen LogP) is 1.68. The SMILES string of the molecule is O=Cc1cnc(OC2CCN(C3CCC3)CC2)nc1. The van der Waals surface area contributed by atoms with Gasteiger partial charge in [-0.2, -0.15) is 0 Å². The third-order valence-corrected chi connectivity index (χ3v) is 4.12. The van der Waals surface area contributed by atoms with Gasteiger partial charge in [-0.15, -0.1) is 0 Å². The van der Waals surface area contributed by atoms with Crippen LogP contribution in [0.4, 0.5) is 0 Å². The summed E-state index contributed by atoms with van der Waals surface area (Å²) in [6, 6.07) is 1.21. The predicted molar refractivity (Wildman–Crippen MR) is 70.3 cm³/mol. The van der Waals surface area contributed by atoms with Crippen molar-refractivity contribution < 1.29 is 9.53 Å². The summed E-state index contributed by atoms with van der Waals surface area (Å²) < 4.78 is 5.77. The fourth-order valence-electron chi connectivity index (χ4n) is 2.71. The van der Waals surface area contributed by atoms with Crippen LogP contribution < -0.4 is 4.74 Å². The van der Waals surface area contributed by atoms with E-state index >= 15 is 0 Å². The van der Waals surface area contributed by atoms with Crippen molar-refractivity contribution in [2.24, 2.45) is 0 Å². The number of rotatable bonds is 4. The zero-order valence-corrected chi connectivity index (χ0v) is 11.0. The van der Waals surface area contributed by atoms with E-state index in [0.717, 1.165) is 38.3 Å². The highest BCUT2D eigenvalue weighted by atomic mass is 16.5. The second-order valence-electron chi connectivity index (χ2n) is 5.35. The standard InChI is InChI=1S/C14H19N3O2/c18-10-11-8-15-14(16-9-11)19-13-4-6-17(7-5-13)12-2-1-3-12/h8-10,12-13H,1-7H2. The Bertz CT molecular complexity index is 423. The van der Waals surface area contributed by atoms with Gasteiger partial charge in [-0.3, -0.25) is 4.79 Å². The molecule has 0 unspecified atom stereocenters. The molecule has 1 aromatic heterocycles. The molecule has 0 bridgehead atoms. The van der Waals surface area contributed by atoms with E-state index in [2.05, 4.69) is 14.9 Å². The van der Waals surface area contributed by atoms with Crippen LogP contribution >= 0.6 is 0 Å². The van der Waals surface area contributed by atoms with Crippen LogP contribution in [0.3, 0.4) is 0 Å². The lowest BCUT2D eigenvalue weighted by Gasteiger charge is -2.41. The van der Waals surface area contributed by atoms with Gasteiger partial charge in [0, 0.05) is 31.5 Å². The Morgan fingerprint density at radius 1 is 1.16 bits per heavy atom. The van der Waals surface area contributed by atoms with Crippen LogP contribution in [0.2, 0.25) is 0 Å². The van der Waals surface area contributed by atoms with E-state index in [1.165, 1.54) is 31.7 Å². The summed E-state index contributed by atoms with van der Waals surface area (Å²) in [7, 11) is 0. The normalized spacial score (nSPS) is 21.9. The molecule has 3 rings (SSSR count). The zero-order valence-electron chi connectivity index (χ0n) is 11.0. The van der Waals surface area contributed by atoms with Crippen LogP contribution in [-0.2, 0) is 0 Å². The number of hydrogen-bond acceptors (Lipinski definition) is 5. The molecule has 0 radical (unpaired) electrons. The first-order valence-electron chi connectivity index (χ1n) is 7.03. The maximum Gasteiger partial charge on any atom is 0.316 e. The Morgan fingerprint density at radius 2 is 1.84 bits per heavy atom. The van der Waals surface area contributed by atoms with Gasteiger partial charge in [0.1, 0.15) is 6.10 Å². The van der Waals surface area contributed by atoms with Crippen LogP contribution in [0.1, 0.15) is 42.5 Å². The fourth-order valence-corrected chi connectivity index (χ4v) is 2.71. The first kappa shape index (κ1) is 12.5. The van der Waals surface area contributed by atoms with Crippen LogP contribution in [0.15, 0.2) is 12.4 Å². The minimum atomic E-state index is 0.207. The number of aldehydes is 1. The summed E-state index contributed by atoms with van der Waals surface area (Å²) >= 11 is 0. The van der Waals surface area contributed by atoms with Crippen molar-refractivity contribution >= 4 is 6.29 Å². The molecule has 1 aliphatic carbocycles. The van der Waals surface area contributed by atoms with Gasteiger partial charge in [-0.25, -0.2) is 9.97 Å². The van der Waals surface area contributed by atoms with Crippen molar-refractivity contribution in [2.45, 2.75) is 44.2 Å². The summed E-state index contributed by atoms with van der Waals surface area (Å²) in [5.74, 6) is 0. The van der Waals surface area contributed by atoms with Crippen LogP contribution in [0.5, 0.6) is 6.01 Å². The molecule has 1 aromatic rings. The number of aromatic nitrogens is 2. The average Bonchev–Trinajstić information content (AvgIpc) is 2.40. The highest BCUT2D eigenvalue weighted by Crippen LogP contribution is 2.28. The maximum atomic E-state index is 10.5. The van der Waals surface area contributed by atoms with Crippen molar-refractivity contribution in [1.82, 2.24) is 14.9 Å². The highest BCUT2D eigenvalue weighted by Gasteiger charge is 2.29. The molecule has 19 heavy (non-hydrogen) atoms. The lowest BCUT2D eigenvalue weighted by atomic mass is 9.90. The van der Waals surface area contributed by atoms with Gasteiger partial charge < -0.3 is 9.64 Å². The molecule has 0 spiro atoms. The summed E-state index contributed by atoms with van der Waals surface area (Å²) in [5, 5.41) is 0. The largest absolute Gasteiger partial charge is 0.460 e. The summed E-state index contributed by atoms with van der Waals surface area (Å²) in [4.78, 5) is 21.2. The number of nitrogens with zero attached hydrogens (tertiary/aromatic N) is 3. The molecule has 5 heteroatoms. The van der Waals surface area contributed by atoms with Gasteiger partial charge in [0.15, 0.2) is 6.29 Å². The van der Waals surface area contributed by atoms with Crippen LogP contribution in [-0.4, -0.2) is 46.4 Å². The fraction of sp³-hybridized carbons (Fsp3) is 0.643. The average molecular weight is 261 g/mol. The van der Waals surface area contributed by atoms with E-state index in [4.69, 9.17) is 4.74 Å². The lowest BCUT2D eigenvalue weighted by Crippen LogP contribution is -2.46. The van der Waals surface area contributed by atoms with E-state index in [1.807, 2.05) is 0 Å². The van der Waals surface area contributed by atoms with Gasteiger partial charge >= 0.3 is 6.01 Å². The Balaban J connectivity index is 1.49. The number of hydrogen-bond donors (Lipinski definition) is 0. The summed E-state index contributed by atoms with van der Waals surface area (Å²) in [6.45, 7) is 2.23. The molecular formula is C14H19N3O2. The minimum absolute atomic E-state index is 0.207. The van der Waals surface area contributed by atoms with Crippen molar-refractivity contribution in [2.75, 3.05) is 13.1 Å². The molecule has 1 aliphatic heterocycles. The van der Waals surface area contributed by atoms with Crippen LogP contribution in [0, 0.1) is 0 Å². The molecular weight excluding hydrogens is 242 g/mol. The van der Waals surface area contributed by atoms with Crippen molar-refractivity contribution in [3.8, 4) is 6.01 Å². The maximum absolute atomic E-state index is 10.5. The second kappa shape index (κ2) is 5.65. The number of piperidine rings is 1. The number of carbonyl (C=O) groups is 1. The molecule has 0 N–H and O–H groups in total. The van der Waals surface area contributed by atoms with E-state index in [-0.39, 0.29) is 6.10 Å². The van der Waals surface area contributed by atoms with E-state index in [0.29, 0.717) is 11.6 Å². The zero-order chi connectivity index (χ0) is 13.1. The highest BCUT2D eigenvalue weighted by molar-refractivity contribution is 5.73. The smallest absolute Gasteiger partial charge is 0.316 e. The molecule has 1 saturated heterocycles. The molecule has 0 amide bonds. The molecule has 5 nitrogen and oxygen atoms in total. The molecule has 0 aromatic carbocycles. The molecule has 102 valence electrons. The molecule has 1 saturated carbocycles. The Morgan fingerprint density at radius 3 is 2.37 bits per heavy atom. The third kappa shape index (κ3) is 2.92. The first-order chi connectivity index (χ1) is 9.35. The topological polar surface area (TPSA) is 55.3 Å². The third-order valence-electron chi connectivity index (χ3n) is 4.12. The van der Waals surface area contributed by atoms with Gasteiger partial charge in [-0.1, -0.05) is 6.42 Å². The molecule has 2 aliphatic rings. The monoisotopic (exact) mass is 261 g/mol. The van der Waals surface area contributed by atoms with Gasteiger partial charge in [0.25, 0.3) is 0 Å². The second-order valence-corrected chi connectivity index (χ2v) is 5.35. The molecule has 2 heterocycles. The Labute approximate surface area is 113 Å². The summed E-state index contributed by atoms with van der Waals surface area (Å²) in [5.41, 5.74) is 0.479. The minimum Gasteiger partial charge on any atom is -0.460 e. The molecule has 2 fully saturated rings. The number of likely N-dealkylation sites (tertiary alicyclic amines) is 1. The first-order valence-corrected chi connectivity index (χ1v) is 7.03. The van der Waals surface area contributed by atoms with Crippen LogP contribution in [0.25, 0.3) is 0 Å². The van der Waals surface area contributed by atoms with Gasteiger partial charge in [-0.05, 0) is 25.7 Å². The van der Waals surface area contributed by atoms with Gasteiger partial charge in [0.05, 0.1) is 5.56 Å². The van der Waals surface area contributed by atoms with E-state index in [9.17, 15) is 4.79 Å². The van der Waals surface area contributed by atoms with E-state index in [1.54, 1.807) is 0 Å². The molecule has 0 atom stereocenters. The Hall–Kier alpha value is -1.49. The Kier molecular flexibility index (Phi) is 3.73. The summed E-state index contributed by atoms with van der Waals surface area (Å²) in [6.07, 6.45) is 10.1. The van der Waals surface area contributed by atoms with Crippen molar-refractivity contribution in [1.29, 1.82) is 0 Å². The lowest BCUT2D eigenvalue weighted by molar-refractivity contribution is 0.0454. The quantitative estimate of drug-likeness (QED) is 0.772. The van der Waals surface area contributed by atoms with Crippen molar-refractivity contribution in [3.05, 3.63) is 18.0 Å². The van der Waals surface area contributed by atoms with Crippen molar-refractivity contribution in [3.63, 3.8) is 0 Å². The number of carbonyl (C=O) groups excluding carboxylic acids is 1. The van der Waals surface area contributed by atoms with Gasteiger partial charge in [0.2, 0.25) is 0 Å².